The van der Waals surface area contributed by atoms with Crippen LogP contribution in [0.3, 0.4) is 0 Å². The predicted molar refractivity (Wildman–Crippen MR) is 127 cm³/mol. The standard InChI is InChI=1S/C28H23F3O3/c1-27(2)21-11-15(16-7-5-6-8-20(16)28(29,30)31)9-10-17(21)26-19-13-25(34-4)24(33-3)12-18(19)23(32)14-22(26)27/h5-14,32H,1-4H3. The summed E-state index contributed by atoms with van der Waals surface area (Å²) < 4.78 is 51.9. The number of hydrogen-bond donors (Lipinski definition) is 1. The van der Waals surface area contributed by atoms with E-state index in [9.17, 15) is 18.3 Å². The number of halogens is 3. The van der Waals surface area contributed by atoms with E-state index in [-0.39, 0.29) is 11.3 Å². The molecule has 0 amide bonds. The molecule has 0 spiro atoms. The second-order valence-electron chi connectivity index (χ2n) is 9.00. The summed E-state index contributed by atoms with van der Waals surface area (Å²) >= 11 is 0. The van der Waals surface area contributed by atoms with E-state index in [1.165, 1.54) is 19.2 Å². The molecule has 6 heteroatoms. The molecule has 0 saturated carbocycles. The number of phenols is 1. The minimum Gasteiger partial charge on any atom is -0.507 e. The number of benzene rings is 4. The van der Waals surface area contributed by atoms with Gasteiger partial charge in [0.2, 0.25) is 0 Å². The first-order valence-electron chi connectivity index (χ1n) is 10.8. The van der Waals surface area contributed by atoms with Gasteiger partial charge >= 0.3 is 6.18 Å². The molecule has 3 nitrogen and oxygen atoms in total. The largest absolute Gasteiger partial charge is 0.507 e. The van der Waals surface area contributed by atoms with Crippen LogP contribution in [0.15, 0.2) is 60.7 Å². The minimum absolute atomic E-state index is 0.109. The molecule has 0 aromatic heterocycles. The maximum atomic E-state index is 13.7. The lowest BCUT2D eigenvalue weighted by atomic mass is 9.81. The summed E-state index contributed by atoms with van der Waals surface area (Å²) in [6.45, 7) is 4.03. The highest BCUT2D eigenvalue weighted by Crippen LogP contribution is 2.55. The highest BCUT2D eigenvalue weighted by Gasteiger charge is 2.39. The van der Waals surface area contributed by atoms with Gasteiger partial charge in [-0.3, -0.25) is 0 Å². The number of aromatic hydroxyl groups is 1. The monoisotopic (exact) mass is 464 g/mol. The van der Waals surface area contributed by atoms with Crippen LogP contribution in [-0.4, -0.2) is 19.3 Å². The highest BCUT2D eigenvalue weighted by atomic mass is 19.4. The predicted octanol–water partition coefficient (Wildman–Crippen LogP) is 7.55. The van der Waals surface area contributed by atoms with Crippen LogP contribution in [0, 0.1) is 0 Å². The molecule has 0 bridgehead atoms. The molecule has 5 rings (SSSR count). The number of hydrogen-bond acceptors (Lipinski definition) is 3. The lowest BCUT2D eigenvalue weighted by molar-refractivity contribution is -0.137. The second kappa shape index (κ2) is 7.42. The number of phenolic OH excluding ortho intramolecular Hbond substituents is 1. The van der Waals surface area contributed by atoms with Gasteiger partial charge in [0.05, 0.1) is 19.8 Å². The third-order valence-electron chi connectivity index (χ3n) is 6.80. The van der Waals surface area contributed by atoms with E-state index in [1.807, 2.05) is 32.0 Å². The molecule has 0 atom stereocenters. The summed E-state index contributed by atoms with van der Waals surface area (Å²) in [6, 6.07) is 16.4. The van der Waals surface area contributed by atoms with Crippen molar-refractivity contribution in [2.45, 2.75) is 25.4 Å². The molecule has 4 aromatic rings. The SMILES string of the molecule is COc1cc2c(O)cc3c(c2cc1OC)-c1ccc(-c2ccccc2C(F)(F)F)cc1C3(C)C. The van der Waals surface area contributed by atoms with Gasteiger partial charge in [-0.2, -0.15) is 13.2 Å². The Hall–Kier alpha value is -3.67. The lowest BCUT2D eigenvalue weighted by Gasteiger charge is -2.23. The van der Waals surface area contributed by atoms with E-state index in [0.717, 1.165) is 33.7 Å². The number of ether oxygens (including phenoxy) is 2. The Kier molecular flexibility index (Phi) is 4.83. The molecular weight excluding hydrogens is 441 g/mol. The topological polar surface area (TPSA) is 38.7 Å². The van der Waals surface area contributed by atoms with Crippen molar-refractivity contribution in [1.29, 1.82) is 0 Å². The molecule has 0 unspecified atom stereocenters. The molecule has 0 radical (unpaired) electrons. The average molecular weight is 464 g/mol. The Morgan fingerprint density at radius 1 is 0.765 bits per heavy atom. The fourth-order valence-corrected chi connectivity index (χ4v) is 5.09. The number of alkyl halides is 3. The first-order valence-corrected chi connectivity index (χ1v) is 10.8. The van der Waals surface area contributed by atoms with Gasteiger partial charge in [0.15, 0.2) is 11.5 Å². The first-order chi connectivity index (χ1) is 16.1. The maximum absolute atomic E-state index is 13.7. The fraction of sp³-hybridized carbons (Fsp3) is 0.214. The minimum atomic E-state index is -4.45. The summed E-state index contributed by atoms with van der Waals surface area (Å²) in [4.78, 5) is 0. The summed E-state index contributed by atoms with van der Waals surface area (Å²) in [7, 11) is 3.09. The van der Waals surface area contributed by atoms with E-state index in [4.69, 9.17) is 9.47 Å². The van der Waals surface area contributed by atoms with E-state index in [0.29, 0.717) is 22.4 Å². The molecule has 0 saturated heterocycles. The van der Waals surface area contributed by atoms with Crippen LogP contribution in [-0.2, 0) is 11.6 Å². The van der Waals surface area contributed by atoms with Crippen molar-refractivity contribution in [3.05, 3.63) is 77.4 Å². The highest BCUT2D eigenvalue weighted by molar-refractivity contribution is 6.06. The van der Waals surface area contributed by atoms with E-state index >= 15 is 0 Å². The van der Waals surface area contributed by atoms with Crippen molar-refractivity contribution >= 4 is 10.8 Å². The molecule has 1 aliphatic rings. The normalized spacial score (nSPS) is 14.1. The van der Waals surface area contributed by atoms with Crippen LogP contribution in [0.4, 0.5) is 13.2 Å². The van der Waals surface area contributed by atoms with E-state index in [2.05, 4.69) is 0 Å². The lowest BCUT2D eigenvalue weighted by Crippen LogP contribution is -2.15. The molecule has 0 aliphatic heterocycles. The van der Waals surface area contributed by atoms with Crippen molar-refractivity contribution in [2.24, 2.45) is 0 Å². The summed E-state index contributed by atoms with van der Waals surface area (Å²) in [5.74, 6) is 1.14. The van der Waals surface area contributed by atoms with Crippen LogP contribution in [0.2, 0.25) is 0 Å². The summed E-state index contributed by atoms with van der Waals surface area (Å²) in [5, 5.41) is 12.3. The third-order valence-corrected chi connectivity index (χ3v) is 6.80. The molecular formula is C28H23F3O3. The Labute approximate surface area is 195 Å². The maximum Gasteiger partial charge on any atom is 0.417 e. The van der Waals surface area contributed by atoms with Crippen LogP contribution in [0.1, 0.15) is 30.5 Å². The van der Waals surface area contributed by atoms with Crippen molar-refractivity contribution < 1.29 is 27.8 Å². The second-order valence-corrected chi connectivity index (χ2v) is 9.00. The average Bonchev–Trinajstić information content (AvgIpc) is 3.04. The molecule has 0 fully saturated rings. The van der Waals surface area contributed by atoms with Crippen LogP contribution in [0.5, 0.6) is 17.2 Å². The molecule has 1 N–H and O–H groups in total. The van der Waals surface area contributed by atoms with Crippen molar-refractivity contribution in [3.63, 3.8) is 0 Å². The number of fused-ring (bicyclic) bond motifs is 5. The van der Waals surface area contributed by atoms with Gasteiger partial charge in [0.25, 0.3) is 0 Å². The van der Waals surface area contributed by atoms with Crippen LogP contribution >= 0.6 is 0 Å². The smallest absolute Gasteiger partial charge is 0.417 e. The van der Waals surface area contributed by atoms with Crippen molar-refractivity contribution in [3.8, 4) is 39.5 Å². The van der Waals surface area contributed by atoms with Gasteiger partial charge in [-0.15, -0.1) is 0 Å². The Morgan fingerprint density at radius 2 is 1.41 bits per heavy atom. The fourth-order valence-electron chi connectivity index (χ4n) is 5.09. The van der Waals surface area contributed by atoms with Gasteiger partial charge in [0, 0.05) is 10.8 Å². The Bertz CT molecular complexity index is 1450. The summed E-state index contributed by atoms with van der Waals surface area (Å²) in [6.07, 6.45) is -4.45. The Morgan fingerprint density at radius 3 is 2.06 bits per heavy atom. The quantitative estimate of drug-likeness (QED) is 0.340. The van der Waals surface area contributed by atoms with Crippen molar-refractivity contribution in [2.75, 3.05) is 14.2 Å². The number of methoxy groups -OCH3 is 2. The van der Waals surface area contributed by atoms with Crippen LogP contribution < -0.4 is 9.47 Å². The number of rotatable bonds is 3. The van der Waals surface area contributed by atoms with Crippen molar-refractivity contribution in [1.82, 2.24) is 0 Å². The van der Waals surface area contributed by atoms with Gasteiger partial charge < -0.3 is 14.6 Å². The zero-order valence-corrected chi connectivity index (χ0v) is 19.2. The van der Waals surface area contributed by atoms with Gasteiger partial charge in [0.1, 0.15) is 5.75 Å². The van der Waals surface area contributed by atoms with Crippen LogP contribution in [0.25, 0.3) is 33.0 Å². The molecule has 1 aliphatic carbocycles. The van der Waals surface area contributed by atoms with Gasteiger partial charge in [-0.25, -0.2) is 0 Å². The van der Waals surface area contributed by atoms with E-state index in [1.54, 1.807) is 31.4 Å². The van der Waals surface area contributed by atoms with Gasteiger partial charge in [-0.05, 0) is 69.1 Å². The molecule has 174 valence electrons. The zero-order chi connectivity index (χ0) is 24.4. The third kappa shape index (κ3) is 3.12. The summed E-state index contributed by atoms with van der Waals surface area (Å²) in [5.41, 5.74) is 3.11. The molecule has 4 aromatic carbocycles. The molecule has 0 heterocycles. The van der Waals surface area contributed by atoms with E-state index < -0.39 is 17.2 Å². The zero-order valence-electron chi connectivity index (χ0n) is 19.2. The molecule has 34 heavy (non-hydrogen) atoms. The first kappa shape index (κ1) is 22.1. The van der Waals surface area contributed by atoms with Gasteiger partial charge in [-0.1, -0.05) is 44.2 Å². The Balaban J connectivity index is 1.79.